The minimum absolute atomic E-state index is 0.121. The molecule has 1 atom stereocenters. The van der Waals surface area contributed by atoms with Crippen LogP contribution in [-0.2, 0) is 4.79 Å². The second-order valence-electron chi connectivity index (χ2n) is 4.19. The van der Waals surface area contributed by atoms with E-state index in [2.05, 4.69) is 15.1 Å². The van der Waals surface area contributed by atoms with Crippen LogP contribution in [0.25, 0.3) is 11.0 Å². The summed E-state index contributed by atoms with van der Waals surface area (Å²) in [5.74, 6) is 0.257. The summed E-state index contributed by atoms with van der Waals surface area (Å²) in [7, 11) is 0. The highest BCUT2D eigenvalue weighted by Gasteiger charge is 2.32. The van der Waals surface area contributed by atoms with Crippen molar-refractivity contribution in [3.8, 4) is 0 Å². The monoisotopic (exact) mass is 231 g/mol. The van der Waals surface area contributed by atoms with Gasteiger partial charge in [-0.15, -0.1) is 4.79 Å². The van der Waals surface area contributed by atoms with Gasteiger partial charge >= 0.3 is 0 Å². The van der Waals surface area contributed by atoms with Crippen molar-refractivity contribution in [1.29, 1.82) is 0 Å². The van der Waals surface area contributed by atoms with Gasteiger partial charge in [-0.1, -0.05) is 6.92 Å². The van der Waals surface area contributed by atoms with Gasteiger partial charge in [0.2, 0.25) is 5.91 Å². The molecule has 0 spiro atoms. The highest BCUT2D eigenvalue weighted by molar-refractivity contribution is 5.91. The summed E-state index contributed by atoms with van der Waals surface area (Å²) in [5, 5.41) is 6.73. The fourth-order valence-electron chi connectivity index (χ4n) is 2.23. The Balaban J connectivity index is 2.02. The Morgan fingerprint density at radius 3 is 3.12 bits per heavy atom. The largest absolute Gasteiger partial charge is 0.273 e. The standard InChI is InChI=1S/C11H13N5O/c1-2-8-3-4-15(11(8)17)16-10-9(6-14-16)5-12-7-13-10/h5-8H,2-4H2,1H3. The van der Waals surface area contributed by atoms with Crippen molar-refractivity contribution < 1.29 is 4.79 Å². The zero-order valence-corrected chi connectivity index (χ0v) is 9.58. The molecule has 88 valence electrons. The van der Waals surface area contributed by atoms with E-state index < -0.39 is 0 Å². The van der Waals surface area contributed by atoms with Gasteiger partial charge in [-0.05, 0) is 12.8 Å². The molecular weight excluding hydrogens is 218 g/mol. The average Bonchev–Trinajstić information content (AvgIpc) is 2.92. The van der Waals surface area contributed by atoms with E-state index in [-0.39, 0.29) is 11.8 Å². The zero-order valence-electron chi connectivity index (χ0n) is 9.58. The molecule has 2 aromatic heterocycles. The molecule has 1 unspecified atom stereocenters. The molecule has 1 fully saturated rings. The first-order valence-corrected chi connectivity index (χ1v) is 5.76. The Hall–Kier alpha value is -1.98. The molecule has 3 heterocycles. The maximum absolute atomic E-state index is 12.1. The number of carbonyl (C=O) groups is 1. The van der Waals surface area contributed by atoms with Gasteiger partial charge in [0.15, 0.2) is 5.65 Å². The van der Waals surface area contributed by atoms with Crippen molar-refractivity contribution in [2.45, 2.75) is 19.8 Å². The molecule has 2 aromatic rings. The fraction of sp³-hybridized carbons (Fsp3) is 0.455. The second kappa shape index (κ2) is 3.80. The molecule has 0 N–H and O–H groups in total. The summed E-state index contributed by atoms with van der Waals surface area (Å²) in [6.07, 6.45) is 6.62. The van der Waals surface area contributed by atoms with Crippen molar-refractivity contribution in [3.05, 3.63) is 18.7 Å². The Morgan fingerprint density at radius 1 is 1.47 bits per heavy atom. The van der Waals surface area contributed by atoms with Crippen molar-refractivity contribution >= 4 is 16.9 Å². The number of carbonyl (C=O) groups excluding carboxylic acids is 1. The number of fused-ring (bicyclic) bond motifs is 1. The molecule has 17 heavy (non-hydrogen) atoms. The van der Waals surface area contributed by atoms with Gasteiger partial charge in [0.05, 0.1) is 11.6 Å². The SMILES string of the molecule is CCC1CCN(n2ncc3cncnc32)C1=O. The van der Waals surface area contributed by atoms with Crippen LogP contribution in [0.5, 0.6) is 0 Å². The lowest BCUT2D eigenvalue weighted by atomic mass is 10.1. The third-order valence-electron chi connectivity index (χ3n) is 3.23. The predicted octanol–water partition coefficient (Wildman–Crippen LogP) is 0.721. The molecule has 0 saturated carbocycles. The van der Waals surface area contributed by atoms with Crippen molar-refractivity contribution in [2.24, 2.45) is 5.92 Å². The van der Waals surface area contributed by atoms with Crippen LogP contribution in [0.3, 0.4) is 0 Å². The van der Waals surface area contributed by atoms with Crippen LogP contribution in [0.4, 0.5) is 0 Å². The number of amides is 1. The molecule has 6 nitrogen and oxygen atoms in total. The normalized spacial score (nSPS) is 20.4. The lowest BCUT2D eigenvalue weighted by Crippen LogP contribution is -2.38. The Kier molecular flexibility index (Phi) is 2.28. The van der Waals surface area contributed by atoms with E-state index in [1.165, 1.54) is 6.33 Å². The Morgan fingerprint density at radius 2 is 2.35 bits per heavy atom. The van der Waals surface area contributed by atoms with E-state index in [1.807, 2.05) is 6.92 Å². The number of hydrogen-bond acceptors (Lipinski definition) is 4. The molecule has 1 aliphatic heterocycles. The van der Waals surface area contributed by atoms with Gasteiger partial charge in [-0.2, -0.15) is 5.10 Å². The molecule has 0 radical (unpaired) electrons. The molecular formula is C11H13N5O. The summed E-state index contributed by atoms with van der Waals surface area (Å²) in [5.41, 5.74) is 0.685. The molecule has 0 aliphatic carbocycles. The van der Waals surface area contributed by atoms with Crippen molar-refractivity contribution in [3.63, 3.8) is 0 Å². The van der Waals surface area contributed by atoms with Gasteiger partial charge in [-0.25, -0.2) is 15.0 Å². The maximum Gasteiger partial charge on any atom is 0.245 e. The van der Waals surface area contributed by atoms with E-state index in [1.54, 1.807) is 22.2 Å². The zero-order chi connectivity index (χ0) is 11.8. The van der Waals surface area contributed by atoms with Gasteiger partial charge in [-0.3, -0.25) is 4.79 Å². The first-order valence-electron chi connectivity index (χ1n) is 5.76. The Labute approximate surface area is 98.2 Å². The van der Waals surface area contributed by atoms with Crippen LogP contribution in [0.2, 0.25) is 0 Å². The van der Waals surface area contributed by atoms with Crippen molar-refractivity contribution in [1.82, 2.24) is 19.9 Å². The van der Waals surface area contributed by atoms with Crippen LogP contribution in [0.15, 0.2) is 18.7 Å². The molecule has 6 heteroatoms. The van der Waals surface area contributed by atoms with E-state index in [0.29, 0.717) is 12.2 Å². The van der Waals surface area contributed by atoms with Crippen LogP contribution in [0, 0.1) is 5.92 Å². The number of rotatable bonds is 2. The molecule has 3 rings (SSSR count). The molecule has 0 aromatic carbocycles. The number of aromatic nitrogens is 4. The fourth-order valence-corrected chi connectivity index (χ4v) is 2.23. The number of nitrogens with zero attached hydrogens (tertiary/aromatic N) is 5. The maximum atomic E-state index is 12.1. The second-order valence-corrected chi connectivity index (χ2v) is 4.19. The predicted molar refractivity (Wildman–Crippen MR) is 61.8 cm³/mol. The minimum atomic E-state index is 0.121. The highest BCUT2D eigenvalue weighted by Crippen LogP contribution is 2.21. The lowest BCUT2D eigenvalue weighted by molar-refractivity contribution is -0.121. The molecule has 1 aliphatic rings. The van der Waals surface area contributed by atoms with Gasteiger partial charge in [0, 0.05) is 18.7 Å². The van der Waals surface area contributed by atoms with Gasteiger partial charge in [0.25, 0.3) is 0 Å². The van der Waals surface area contributed by atoms with Crippen LogP contribution < -0.4 is 5.01 Å². The summed E-state index contributed by atoms with van der Waals surface area (Å²) >= 11 is 0. The summed E-state index contributed by atoms with van der Waals surface area (Å²) in [4.78, 5) is 21.8. The summed E-state index contributed by atoms with van der Waals surface area (Å²) in [6, 6.07) is 0. The summed E-state index contributed by atoms with van der Waals surface area (Å²) in [6.45, 7) is 2.74. The van der Waals surface area contributed by atoms with Crippen LogP contribution in [0.1, 0.15) is 19.8 Å². The van der Waals surface area contributed by atoms with Crippen LogP contribution in [-0.4, -0.2) is 32.3 Å². The Bertz CT molecular complexity index is 564. The van der Waals surface area contributed by atoms with E-state index >= 15 is 0 Å². The quantitative estimate of drug-likeness (QED) is 0.764. The smallest absolute Gasteiger partial charge is 0.245 e. The van der Waals surface area contributed by atoms with Gasteiger partial charge in [0.1, 0.15) is 6.33 Å². The topological polar surface area (TPSA) is 63.9 Å². The molecule has 0 bridgehead atoms. The first-order chi connectivity index (χ1) is 8.31. The van der Waals surface area contributed by atoms with E-state index in [4.69, 9.17) is 0 Å². The average molecular weight is 231 g/mol. The van der Waals surface area contributed by atoms with E-state index in [9.17, 15) is 4.79 Å². The first kappa shape index (κ1) is 10.2. The third kappa shape index (κ3) is 1.48. The van der Waals surface area contributed by atoms with Crippen molar-refractivity contribution in [2.75, 3.05) is 11.6 Å². The third-order valence-corrected chi connectivity index (χ3v) is 3.23. The highest BCUT2D eigenvalue weighted by atomic mass is 16.2. The minimum Gasteiger partial charge on any atom is -0.273 e. The number of hydrogen-bond donors (Lipinski definition) is 0. The molecule has 1 saturated heterocycles. The van der Waals surface area contributed by atoms with Crippen LogP contribution >= 0.6 is 0 Å². The lowest BCUT2D eigenvalue weighted by Gasteiger charge is -2.16. The summed E-state index contributed by atoms with van der Waals surface area (Å²) < 4.78 is 0. The van der Waals surface area contributed by atoms with Gasteiger partial charge < -0.3 is 0 Å². The molecule has 1 amide bonds. The van der Waals surface area contributed by atoms with E-state index in [0.717, 1.165) is 18.2 Å².